The second-order valence-corrected chi connectivity index (χ2v) is 5.73. The van der Waals surface area contributed by atoms with Crippen molar-refractivity contribution in [2.24, 2.45) is 23.5 Å². The summed E-state index contributed by atoms with van der Waals surface area (Å²) in [5, 5.41) is 0. The molecule has 1 saturated carbocycles. The molecule has 0 spiro atoms. The van der Waals surface area contributed by atoms with E-state index in [1.165, 1.54) is 19.3 Å². The third-order valence-corrected chi connectivity index (χ3v) is 3.89. The highest BCUT2D eigenvalue weighted by Crippen LogP contribution is 2.35. The Morgan fingerprint density at radius 1 is 1.25 bits per heavy atom. The van der Waals surface area contributed by atoms with Crippen molar-refractivity contribution < 1.29 is 4.74 Å². The van der Waals surface area contributed by atoms with Gasteiger partial charge in [0.05, 0.1) is 6.10 Å². The maximum Gasteiger partial charge on any atom is 0.0608 e. The summed E-state index contributed by atoms with van der Waals surface area (Å²) in [5.41, 5.74) is 5.49. The van der Waals surface area contributed by atoms with Gasteiger partial charge in [-0.3, -0.25) is 0 Å². The van der Waals surface area contributed by atoms with E-state index in [2.05, 4.69) is 20.8 Å². The van der Waals surface area contributed by atoms with Crippen LogP contribution in [0.1, 0.15) is 52.9 Å². The zero-order chi connectivity index (χ0) is 12.0. The van der Waals surface area contributed by atoms with Crippen LogP contribution in [-0.2, 0) is 4.74 Å². The first-order chi connectivity index (χ1) is 7.65. The summed E-state index contributed by atoms with van der Waals surface area (Å²) in [7, 11) is 0. The van der Waals surface area contributed by atoms with Crippen LogP contribution in [0.15, 0.2) is 0 Å². The van der Waals surface area contributed by atoms with Crippen LogP contribution in [0.25, 0.3) is 0 Å². The average molecular weight is 227 g/mol. The summed E-state index contributed by atoms with van der Waals surface area (Å²) in [5.74, 6) is 2.37. The lowest BCUT2D eigenvalue weighted by Crippen LogP contribution is -2.34. The van der Waals surface area contributed by atoms with Gasteiger partial charge in [-0.2, -0.15) is 0 Å². The first-order valence-electron chi connectivity index (χ1n) is 6.96. The number of rotatable bonds is 6. The second-order valence-electron chi connectivity index (χ2n) is 5.73. The molecule has 1 aliphatic carbocycles. The van der Waals surface area contributed by atoms with E-state index >= 15 is 0 Å². The van der Waals surface area contributed by atoms with Crippen molar-refractivity contribution >= 4 is 0 Å². The number of ether oxygens (including phenoxy) is 1. The number of hydrogen-bond acceptors (Lipinski definition) is 2. The van der Waals surface area contributed by atoms with E-state index in [1.807, 2.05) is 0 Å². The molecule has 0 aromatic heterocycles. The maximum atomic E-state index is 6.07. The van der Waals surface area contributed by atoms with Gasteiger partial charge in [-0.25, -0.2) is 0 Å². The molecule has 0 heterocycles. The first-order valence-corrected chi connectivity index (χ1v) is 6.96. The molecule has 16 heavy (non-hydrogen) atoms. The Bertz CT molecular complexity index is 182. The molecule has 0 bridgehead atoms. The monoisotopic (exact) mass is 227 g/mol. The minimum absolute atomic E-state index is 0.501. The summed E-state index contributed by atoms with van der Waals surface area (Å²) < 4.78 is 6.07. The third kappa shape index (κ3) is 4.42. The molecule has 2 heteroatoms. The molecular formula is C14H29NO. The van der Waals surface area contributed by atoms with Gasteiger partial charge >= 0.3 is 0 Å². The molecule has 0 aliphatic heterocycles. The van der Waals surface area contributed by atoms with Gasteiger partial charge in [0.2, 0.25) is 0 Å². The lowest BCUT2D eigenvalue weighted by molar-refractivity contribution is -0.0392. The van der Waals surface area contributed by atoms with Crippen LogP contribution >= 0.6 is 0 Å². The highest BCUT2D eigenvalue weighted by Gasteiger charge is 2.30. The van der Waals surface area contributed by atoms with Crippen LogP contribution < -0.4 is 5.73 Å². The van der Waals surface area contributed by atoms with Crippen LogP contribution in [-0.4, -0.2) is 19.3 Å². The summed E-state index contributed by atoms with van der Waals surface area (Å²) >= 11 is 0. The molecule has 2 nitrogen and oxygen atoms in total. The highest BCUT2D eigenvalue weighted by molar-refractivity contribution is 4.81. The van der Waals surface area contributed by atoms with Crippen molar-refractivity contribution in [3.8, 4) is 0 Å². The SMILES string of the molecule is CC1CCC(C(C)C)C(OCCCCN)C1. The Kier molecular flexibility index (Phi) is 6.37. The lowest BCUT2D eigenvalue weighted by atomic mass is 9.75. The van der Waals surface area contributed by atoms with Gasteiger partial charge in [-0.05, 0) is 50.0 Å². The zero-order valence-corrected chi connectivity index (χ0v) is 11.2. The minimum atomic E-state index is 0.501. The van der Waals surface area contributed by atoms with Gasteiger partial charge in [0, 0.05) is 6.61 Å². The van der Waals surface area contributed by atoms with E-state index in [0.29, 0.717) is 6.10 Å². The van der Waals surface area contributed by atoms with Gasteiger partial charge in [0.25, 0.3) is 0 Å². The molecule has 96 valence electrons. The van der Waals surface area contributed by atoms with E-state index in [0.717, 1.165) is 43.7 Å². The van der Waals surface area contributed by atoms with E-state index < -0.39 is 0 Å². The number of nitrogens with two attached hydrogens (primary N) is 1. The maximum absolute atomic E-state index is 6.07. The summed E-state index contributed by atoms with van der Waals surface area (Å²) in [6.07, 6.45) is 6.69. The molecule has 0 aromatic carbocycles. The largest absolute Gasteiger partial charge is 0.378 e. The normalized spacial score (nSPS) is 30.9. The van der Waals surface area contributed by atoms with Gasteiger partial charge in [-0.1, -0.05) is 27.2 Å². The van der Waals surface area contributed by atoms with Crippen LogP contribution in [0.2, 0.25) is 0 Å². The van der Waals surface area contributed by atoms with Gasteiger partial charge < -0.3 is 10.5 Å². The zero-order valence-electron chi connectivity index (χ0n) is 11.2. The second kappa shape index (κ2) is 7.29. The highest BCUT2D eigenvalue weighted by atomic mass is 16.5. The molecule has 1 rings (SSSR count). The molecular weight excluding hydrogens is 198 g/mol. The predicted octanol–water partition coefficient (Wildman–Crippen LogP) is 3.20. The van der Waals surface area contributed by atoms with Gasteiger partial charge in [0.15, 0.2) is 0 Å². The Labute approximate surface area is 101 Å². The van der Waals surface area contributed by atoms with Crippen molar-refractivity contribution in [3.05, 3.63) is 0 Å². The Balaban J connectivity index is 2.33. The summed E-state index contributed by atoms with van der Waals surface area (Å²) in [4.78, 5) is 0. The fourth-order valence-corrected chi connectivity index (χ4v) is 2.79. The molecule has 1 aliphatic rings. The molecule has 3 atom stereocenters. The number of unbranched alkanes of at least 4 members (excludes halogenated alkanes) is 1. The molecule has 0 saturated heterocycles. The Morgan fingerprint density at radius 2 is 2.00 bits per heavy atom. The van der Waals surface area contributed by atoms with Crippen molar-refractivity contribution in [2.75, 3.05) is 13.2 Å². The van der Waals surface area contributed by atoms with E-state index in [9.17, 15) is 0 Å². The van der Waals surface area contributed by atoms with Crippen molar-refractivity contribution in [1.82, 2.24) is 0 Å². The third-order valence-electron chi connectivity index (χ3n) is 3.89. The molecule has 0 radical (unpaired) electrons. The van der Waals surface area contributed by atoms with E-state index in [4.69, 9.17) is 10.5 Å². The fourth-order valence-electron chi connectivity index (χ4n) is 2.79. The van der Waals surface area contributed by atoms with Crippen molar-refractivity contribution in [2.45, 2.75) is 59.0 Å². The van der Waals surface area contributed by atoms with Gasteiger partial charge in [0.1, 0.15) is 0 Å². The lowest BCUT2D eigenvalue weighted by Gasteiger charge is -2.37. The molecule has 1 fully saturated rings. The molecule has 0 aromatic rings. The first kappa shape index (κ1) is 14.0. The number of hydrogen-bond donors (Lipinski definition) is 1. The average Bonchev–Trinajstić information content (AvgIpc) is 2.24. The fraction of sp³-hybridized carbons (Fsp3) is 1.00. The predicted molar refractivity (Wildman–Crippen MR) is 69.4 cm³/mol. The Hall–Kier alpha value is -0.0800. The standard InChI is InChI=1S/C14H29NO/c1-11(2)13-7-6-12(3)10-14(13)16-9-5-4-8-15/h11-14H,4-10,15H2,1-3H3. The van der Waals surface area contributed by atoms with Crippen LogP contribution in [0.3, 0.4) is 0 Å². The molecule has 3 unspecified atom stereocenters. The Morgan fingerprint density at radius 3 is 2.62 bits per heavy atom. The van der Waals surface area contributed by atoms with Crippen LogP contribution in [0.5, 0.6) is 0 Å². The van der Waals surface area contributed by atoms with E-state index in [1.54, 1.807) is 0 Å². The topological polar surface area (TPSA) is 35.2 Å². The van der Waals surface area contributed by atoms with Crippen molar-refractivity contribution in [1.29, 1.82) is 0 Å². The van der Waals surface area contributed by atoms with Crippen molar-refractivity contribution in [3.63, 3.8) is 0 Å². The summed E-state index contributed by atoms with van der Waals surface area (Å²) in [6.45, 7) is 8.70. The minimum Gasteiger partial charge on any atom is -0.378 e. The van der Waals surface area contributed by atoms with E-state index in [-0.39, 0.29) is 0 Å². The van der Waals surface area contributed by atoms with Crippen LogP contribution in [0, 0.1) is 17.8 Å². The smallest absolute Gasteiger partial charge is 0.0608 e. The quantitative estimate of drug-likeness (QED) is 0.707. The molecule has 2 N–H and O–H groups in total. The van der Waals surface area contributed by atoms with Gasteiger partial charge in [-0.15, -0.1) is 0 Å². The van der Waals surface area contributed by atoms with Crippen LogP contribution in [0.4, 0.5) is 0 Å². The molecule has 0 amide bonds. The summed E-state index contributed by atoms with van der Waals surface area (Å²) in [6, 6.07) is 0.